The van der Waals surface area contributed by atoms with E-state index in [9.17, 15) is 30.0 Å². The van der Waals surface area contributed by atoms with Crippen molar-refractivity contribution in [1.29, 1.82) is 10.5 Å². The summed E-state index contributed by atoms with van der Waals surface area (Å²) in [5.41, 5.74) is -3.07. The van der Waals surface area contributed by atoms with Gasteiger partial charge in [-0.2, -0.15) is 10.5 Å². The number of ether oxygens (including phenoxy) is 7. The van der Waals surface area contributed by atoms with Gasteiger partial charge in [0.05, 0.1) is 42.2 Å². The Hall–Kier alpha value is -4.09. The highest BCUT2D eigenvalue weighted by molar-refractivity contribution is 5.73. The van der Waals surface area contributed by atoms with E-state index in [1.165, 1.54) is 11.1 Å². The van der Waals surface area contributed by atoms with Crippen LogP contribution in [0.4, 0.5) is 9.59 Å². The molecule has 0 aromatic carbocycles. The third-order valence-corrected chi connectivity index (χ3v) is 9.78. The quantitative estimate of drug-likeness (QED) is 0.123. The van der Waals surface area contributed by atoms with Crippen molar-refractivity contribution in [3.05, 3.63) is 23.6 Å². The predicted octanol–water partition coefficient (Wildman–Crippen LogP) is 6.11. The average Bonchev–Trinajstić information content (AvgIpc) is 3.63. The number of fused-ring (bicyclic) bond motifs is 2. The van der Waals surface area contributed by atoms with Gasteiger partial charge in [0.15, 0.2) is 11.6 Å². The monoisotopic (exact) mass is 789 g/mol. The van der Waals surface area contributed by atoms with Gasteiger partial charge in [-0.3, -0.25) is 14.6 Å². The van der Waals surface area contributed by atoms with E-state index in [0.717, 1.165) is 6.26 Å². The van der Waals surface area contributed by atoms with Crippen molar-refractivity contribution < 1.29 is 52.6 Å². The van der Waals surface area contributed by atoms with E-state index in [1.807, 2.05) is 47.6 Å². The van der Waals surface area contributed by atoms with Crippen LogP contribution in [-0.2, 0) is 38.0 Å². The van der Waals surface area contributed by atoms with Crippen molar-refractivity contribution in [2.75, 3.05) is 13.2 Å². The summed E-state index contributed by atoms with van der Waals surface area (Å²) in [7, 11) is 0. The Bertz CT molecular complexity index is 1620. The van der Waals surface area contributed by atoms with Gasteiger partial charge >= 0.3 is 18.2 Å². The fraction of sp³-hybridized carbons (Fsp3) is 0.775. The molecule has 4 aliphatic heterocycles. The fourth-order valence-electron chi connectivity index (χ4n) is 8.28. The van der Waals surface area contributed by atoms with E-state index in [-0.39, 0.29) is 36.4 Å². The smallest absolute Gasteiger partial charge is 0.411 e. The third kappa shape index (κ3) is 9.71. The lowest BCUT2D eigenvalue weighted by atomic mass is 9.88. The molecule has 0 spiro atoms. The largest absolute Gasteiger partial charge is 0.514 e. The summed E-state index contributed by atoms with van der Waals surface area (Å²) in [6, 6.07) is 1.89. The first-order chi connectivity index (χ1) is 25.7. The molecule has 16 nitrogen and oxygen atoms in total. The van der Waals surface area contributed by atoms with E-state index in [2.05, 4.69) is 11.4 Å². The van der Waals surface area contributed by atoms with Gasteiger partial charge in [0.1, 0.15) is 59.3 Å². The van der Waals surface area contributed by atoms with E-state index in [1.54, 1.807) is 67.2 Å². The molecule has 56 heavy (non-hydrogen) atoms. The summed E-state index contributed by atoms with van der Waals surface area (Å²) < 4.78 is 40.8. The Labute approximate surface area is 332 Å². The molecule has 4 aliphatic rings. The maximum atomic E-state index is 13.2. The van der Waals surface area contributed by atoms with Crippen LogP contribution in [-0.4, -0.2) is 117 Å². The summed E-state index contributed by atoms with van der Waals surface area (Å²) in [4.78, 5) is 40.8. The molecule has 4 saturated heterocycles. The molecule has 0 unspecified atom stereocenters. The van der Waals surface area contributed by atoms with Crippen LogP contribution in [0.5, 0.6) is 0 Å². The number of hydrogen-bond acceptors (Lipinski definition) is 14. The predicted molar refractivity (Wildman–Crippen MR) is 203 cm³/mol. The molecule has 0 aliphatic carbocycles. The van der Waals surface area contributed by atoms with Gasteiger partial charge in [-0.1, -0.05) is 13.8 Å². The van der Waals surface area contributed by atoms with Crippen LogP contribution in [0.15, 0.2) is 23.6 Å². The number of nitrogens with one attached hydrogen (secondary N) is 1. The maximum absolute atomic E-state index is 13.2. The first kappa shape index (κ1) is 46.3. The van der Waals surface area contributed by atoms with Crippen molar-refractivity contribution in [3.8, 4) is 12.1 Å². The van der Waals surface area contributed by atoms with Crippen LogP contribution in [0, 0.1) is 22.7 Å². The molecular weight excluding hydrogens is 726 g/mol. The molecule has 8 atom stereocenters. The zero-order chi connectivity index (χ0) is 42.8. The second-order valence-electron chi connectivity index (χ2n) is 17.6. The first-order valence-corrected chi connectivity index (χ1v) is 19.2. The summed E-state index contributed by atoms with van der Waals surface area (Å²) in [5, 5.41) is 31.9. The number of likely N-dealkylation sites (tertiary alicyclic amines) is 2. The number of nitriles is 2. The van der Waals surface area contributed by atoms with Crippen molar-refractivity contribution in [1.82, 2.24) is 15.1 Å². The minimum Gasteiger partial charge on any atom is -0.514 e. The molecule has 0 bridgehead atoms. The van der Waals surface area contributed by atoms with E-state index < -0.39 is 76.4 Å². The molecule has 16 heteroatoms. The molecule has 314 valence electrons. The Morgan fingerprint density at radius 1 is 0.750 bits per heavy atom. The van der Waals surface area contributed by atoms with Gasteiger partial charge in [-0.25, -0.2) is 9.59 Å². The minimum absolute atomic E-state index is 0.0376. The van der Waals surface area contributed by atoms with E-state index in [0.29, 0.717) is 12.8 Å². The average molecular weight is 790 g/mol. The van der Waals surface area contributed by atoms with E-state index in [4.69, 9.17) is 33.2 Å². The Balaban J connectivity index is 0.000000307. The highest BCUT2D eigenvalue weighted by atomic mass is 16.8. The fourth-order valence-corrected chi connectivity index (χ4v) is 8.28. The maximum Gasteiger partial charge on any atom is 0.411 e. The number of aliphatic hydroxyl groups is 1. The topological polar surface area (TPSA) is 202 Å². The Morgan fingerprint density at radius 3 is 1.46 bits per heavy atom. The van der Waals surface area contributed by atoms with Crippen LogP contribution < -0.4 is 5.32 Å². The van der Waals surface area contributed by atoms with E-state index >= 15 is 0 Å². The van der Waals surface area contributed by atoms with Crippen molar-refractivity contribution in [3.63, 3.8) is 0 Å². The number of rotatable bonds is 8. The van der Waals surface area contributed by atoms with Gasteiger partial charge in [0, 0.05) is 6.20 Å². The third-order valence-electron chi connectivity index (χ3n) is 9.78. The second kappa shape index (κ2) is 16.8. The highest BCUT2D eigenvalue weighted by Crippen LogP contribution is 2.52. The number of nitrogens with zero attached hydrogens (tertiary/aromatic N) is 4. The molecule has 2 amide bonds. The number of carbonyl (C=O) groups is 3. The Kier molecular flexibility index (Phi) is 13.9. The number of esters is 1. The number of aliphatic hydroxyl groups excluding tert-OH is 1. The molecule has 0 radical (unpaired) electrons. The van der Waals surface area contributed by atoms with Gasteiger partial charge < -0.3 is 43.6 Å². The van der Waals surface area contributed by atoms with Gasteiger partial charge in [0.2, 0.25) is 0 Å². The van der Waals surface area contributed by atoms with Crippen LogP contribution >= 0.6 is 0 Å². The zero-order valence-electron chi connectivity index (χ0n) is 35.8. The Morgan fingerprint density at radius 2 is 1.14 bits per heavy atom. The van der Waals surface area contributed by atoms with Crippen molar-refractivity contribution in [2.45, 2.75) is 187 Å². The van der Waals surface area contributed by atoms with Gasteiger partial charge in [0.25, 0.3) is 0 Å². The first-order valence-electron chi connectivity index (χ1n) is 19.2. The number of amides is 2. The van der Waals surface area contributed by atoms with Crippen LogP contribution in [0.1, 0.15) is 117 Å². The molecular formula is C40H63N5O11. The van der Waals surface area contributed by atoms with Crippen LogP contribution in [0.3, 0.4) is 0 Å². The molecule has 0 aromatic heterocycles. The van der Waals surface area contributed by atoms with Gasteiger partial charge in [-0.15, -0.1) is 0 Å². The van der Waals surface area contributed by atoms with Crippen molar-refractivity contribution in [2.24, 2.45) is 0 Å². The zero-order valence-corrected chi connectivity index (χ0v) is 35.8. The van der Waals surface area contributed by atoms with Crippen molar-refractivity contribution >= 4 is 18.2 Å². The lowest BCUT2D eigenvalue weighted by Gasteiger charge is -2.37. The molecule has 0 saturated carbocycles. The lowest BCUT2D eigenvalue weighted by molar-refractivity contribution is -0.179. The minimum atomic E-state index is -0.978. The standard InChI is InChI=1S/C22H35N3O6.C18H28N2O5/c1-9-15-18-22(8,31-21(6,7)29-18)17(25(15)19(27)30-20(3,4)5)14(11-23)12-24-13-16(26)28-10-2;1-8-12-14-18(7,25-17(5,6)23-14)13(11(9-19)10-21)20(12)15(22)24-16(2,3)4/h12,15,17-18,24H,9-10,13H2,1-8H3;10,12-14,21H,8H2,1-7H3/b14-12-;11-10+/t15-,17+,18-,22+;12-,13+,14-,18+/m11/s1. The highest BCUT2D eigenvalue weighted by Gasteiger charge is 2.69. The molecule has 0 aromatic rings. The number of carbonyl (C=O) groups excluding carboxylic acids is 3. The molecule has 4 rings (SSSR count). The summed E-state index contributed by atoms with van der Waals surface area (Å²) >= 11 is 0. The SMILES string of the molecule is CCOC(=O)CN/C=C(/C#N)[C@@H]1N(C(=O)OC(C)(C)C)[C@H](CC)[C@H]2OC(C)(C)O[C@]21C.CC[C@@H]1[C@H]2OC(C)(C)O[C@@]2(C)[C@H](/C(C#N)=C/O)N1C(=O)OC(C)(C)C. The number of hydrogen-bond donors (Lipinski definition) is 2. The normalized spacial score (nSPS) is 31.9. The second-order valence-corrected chi connectivity index (χ2v) is 17.6. The molecule has 4 fully saturated rings. The van der Waals surface area contributed by atoms with Crippen LogP contribution in [0.2, 0.25) is 0 Å². The van der Waals surface area contributed by atoms with Crippen LogP contribution in [0.25, 0.3) is 0 Å². The molecule has 4 heterocycles. The summed E-state index contributed by atoms with van der Waals surface area (Å²) in [5.74, 6) is -2.16. The molecule has 2 N–H and O–H groups in total. The summed E-state index contributed by atoms with van der Waals surface area (Å²) in [6.07, 6.45) is 1.37. The summed E-state index contributed by atoms with van der Waals surface area (Å²) in [6.45, 7) is 27.4. The van der Waals surface area contributed by atoms with Gasteiger partial charge in [-0.05, 0) is 103 Å². The lowest BCUT2D eigenvalue weighted by Crippen LogP contribution is -2.51.